The summed E-state index contributed by atoms with van der Waals surface area (Å²) in [5.41, 5.74) is 2.91. The highest BCUT2D eigenvalue weighted by Crippen LogP contribution is 2.41. The SMILES string of the molecule is Cc1ccc(CC(=O)N=C2S[C@@H]3CS(=O)(=O)C[C@H]3N2c2ccc(Br)cc2)cc1. The summed E-state index contributed by atoms with van der Waals surface area (Å²) in [4.78, 5) is 18.9. The van der Waals surface area contributed by atoms with Crippen LogP contribution >= 0.6 is 27.7 Å². The molecule has 0 aliphatic carbocycles. The average molecular weight is 479 g/mol. The first-order valence-corrected chi connectivity index (χ1v) is 12.4. The number of aryl methyl sites for hydroxylation is 1. The summed E-state index contributed by atoms with van der Waals surface area (Å²) in [5, 5.41) is 0.490. The van der Waals surface area contributed by atoms with Gasteiger partial charge in [0.25, 0.3) is 5.91 Å². The number of carbonyl (C=O) groups is 1. The lowest BCUT2D eigenvalue weighted by Gasteiger charge is -2.24. The number of hydrogen-bond acceptors (Lipinski definition) is 4. The molecule has 2 aliphatic heterocycles. The lowest BCUT2D eigenvalue weighted by Crippen LogP contribution is -2.37. The number of thioether (sulfide) groups is 1. The van der Waals surface area contributed by atoms with E-state index in [0.717, 1.165) is 21.3 Å². The van der Waals surface area contributed by atoms with Gasteiger partial charge in [0.2, 0.25) is 0 Å². The van der Waals surface area contributed by atoms with Crippen LogP contribution in [0.25, 0.3) is 0 Å². The molecule has 4 rings (SSSR count). The maximum atomic E-state index is 12.6. The first-order valence-electron chi connectivity index (χ1n) is 8.90. The van der Waals surface area contributed by atoms with Gasteiger partial charge in [0.1, 0.15) is 0 Å². The standard InChI is InChI=1S/C20H19BrN2O3S2/c1-13-2-4-14(5-3-13)10-19(24)22-20-23(16-8-6-15(21)7-9-16)17-11-28(25,26)12-18(17)27-20/h2-9,17-18H,10-12H2,1H3/t17-,18-/m1/s1. The van der Waals surface area contributed by atoms with Gasteiger partial charge in [-0.05, 0) is 36.8 Å². The molecule has 0 saturated carbocycles. The van der Waals surface area contributed by atoms with Crippen molar-refractivity contribution in [2.75, 3.05) is 16.4 Å². The minimum absolute atomic E-state index is 0.0892. The van der Waals surface area contributed by atoms with E-state index in [4.69, 9.17) is 0 Å². The topological polar surface area (TPSA) is 66.8 Å². The fourth-order valence-electron chi connectivity index (χ4n) is 3.49. The Labute approximate surface area is 177 Å². The number of fused-ring (bicyclic) bond motifs is 1. The van der Waals surface area contributed by atoms with Crippen LogP contribution in [0.15, 0.2) is 58.0 Å². The van der Waals surface area contributed by atoms with Crippen molar-refractivity contribution in [1.82, 2.24) is 0 Å². The van der Waals surface area contributed by atoms with Crippen molar-refractivity contribution < 1.29 is 13.2 Å². The van der Waals surface area contributed by atoms with Crippen LogP contribution in [-0.4, -0.2) is 42.3 Å². The first-order chi connectivity index (χ1) is 13.3. The molecule has 146 valence electrons. The van der Waals surface area contributed by atoms with E-state index in [1.807, 2.05) is 60.4 Å². The molecule has 0 bridgehead atoms. The van der Waals surface area contributed by atoms with Crippen LogP contribution in [0.1, 0.15) is 11.1 Å². The number of nitrogens with zero attached hydrogens (tertiary/aromatic N) is 2. The summed E-state index contributed by atoms with van der Waals surface area (Å²) in [6.45, 7) is 2.00. The Balaban J connectivity index is 1.62. The molecule has 0 spiro atoms. The third-order valence-electron chi connectivity index (χ3n) is 4.87. The lowest BCUT2D eigenvalue weighted by atomic mass is 10.1. The van der Waals surface area contributed by atoms with E-state index in [-0.39, 0.29) is 35.1 Å². The molecule has 0 unspecified atom stereocenters. The minimum Gasteiger partial charge on any atom is -0.316 e. The summed E-state index contributed by atoms with van der Waals surface area (Å²) < 4.78 is 25.2. The molecule has 0 N–H and O–H groups in total. The number of anilines is 1. The number of rotatable bonds is 3. The van der Waals surface area contributed by atoms with E-state index in [2.05, 4.69) is 20.9 Å². The summed E-state index contributed by atoms with van der Waals surface area (Å²) in [6, 6.07) is 15.3. The predicted molar refractivity (Wildman–Crippen MR) is 118 cm³/mol. The first kappa shape index (κ1) is 19.7. The van der Waals surface area contributed by atoms with Gasteiger partial charge >= 0.3 is 0 Å². The lowest BCUT2D eigenvalue weighted by molar-refractivity contribution is -0.117. The normalized spacial score (nSPS) is 24.5. The number of carbonyl (C=O) groups excluding carboxylic acids is 1. The van der Waals surface area contributed by atoms with Crippen LogP contribution in [-0.2, 0) is 21.1 Å². The number of amidine groups is 1. The number of sulfone groups is 1. The molecule has 5 nitrogen and oxygen atoms in total. The van der Waals surface area contributed by atoms with Gasteiger partial charge in [-0.2, -0.15) is 4.99 Å². The second-order valence-electron chi connectivity index (χ2n) is 7.10. The molecule has 0 aromatic heterocycles. The van der Waals surface area contributed by atoms with Crippen molar-refractivity contribution in [1.29, 1.82) is 0 Å². The highest BCUT2D eigenvalue weighted by Gasteiger charge is 2.49. The van der Waals surface area contributed by atoms with Gasteiger partial charge in [-0.25, -0.2) is 8.42 Å². The molecule has 2 fully saturated rings. The third kappa shape index (κ3) is 4.18. The predicted octanol–water partition coefficient (Wildman–Crippen LogP) is 3.60. The molecule has 2 heterocycles. The van der Waals surface area contributed by atoms with Crippen molar-refractivity contribution >= 4 is 54.3 Å². The number of halogens is 1. The second-order valence-corrected chi connectivity index (χ2v) is 11.4. The Morgan fingerprint density at radius 1 is 1.14 bits per heavy atom. The van der Waals surface area contributed by atoms with Crippen LogP contribution in [0.5, 0.6) is 0 Å². The molecule has 2 atom stereocenters. The van der Waals surface area contributed by atoms with Crippen molar-refractivity contribution in [3.63, 3.8) is 0 Å². The molecule has 28 heavy (non-hydrogen) atoms. The number of benzene rings is 2. The van der Waals surface area contributed by atoms with Crippen LogP contribution in [0.3, 0.4) is 0 Å². The van der Waals surface area contributed by atoms with Crippen molar-refractivity contribution in [2.45, 2.75) is 24.6 Å². The largest absolute Gasteiger partial charge is 0.316 e. The summed E-state index contributed by atoms with van der Waals surface area (Å²) >= 11 is 4.82. The van der Waals surface area contributed by atoms with Gasteiger partial charge in [-0.3, -0.25) is 4.79 Å². The van der Waals surface area contributed by atoms with Crippen LogP contribution < -0.4 is 4.90 Å². The Kier molecular flexibility index (Phi) is 5.37. The number of amides is 1. The van der Waals surface area contributed by atoms with Crippen LogP contribution in [0, 0.1) is 6.92 Å². The monoisotopic (exact) mass is 478 g/mol. The summed E-state index contributed by atoms with van der Waals surface area (Å²) in [6.07, 6.45) is 0.228. The average Bonchev–Trinajstić information content (AvgIpc) is 3.09. The second kappa shape index (κ2) is 7.65. The van der Waals surface area contributed by atoms with Crippen LogP contribution in [0.2, 0.25) is 0 Å². The van der Waals surface area contributed by atoms with E-state index in [1.165, 1.54) is 11.8 Å². The van der Waals surface area contributed by atoms with Gasteiger partial charge in [0.05, 0.1) is 24.0 Å². The zero-order valence-corrected chi connectivity index (χ0v) is 18.4. The van der Waals surface area contributed by atoms with Crippen molar-refractivity contribution in [3.8, 4) is 0 Å². The Hall–Kier alpha value is -1.64. The summed E-state index contributed by atoms with van der Waals surface area (Å²) in [5.74, 6) is -0.0109. The van der Waals surface area contributed by atoms with Gasteiger partial charge in [-0.1, -0.05) is 57.5 Å². The molecule has 2 saturated heterocycles. The number of hydrogen-bond donors (Lipinski definition) is 0. The van der Waals surface area contributed by atoms with E-state index in [0.29, 0.717) is 5.17 Å². The summed E-state index contributed by atoms with van der Waals surface area (Å²) in [7, 11) is -3.07. The Bertz CT molecular complexity index is 1030. The molecule has 1 amide bonds. The number of aliphatic imine (C=N–C) groups is 1. The third-order valence-corrected chi connectivity index (χ3v) is 8.61. The maximum absolute atomic E-state index is 12.6. The Morgan fingerprint density at radius 2 is 1.82 bits per heavy atom. The van der Waals surface area contributed by atoms with Gasteiger partial charge in [-0.15, -0.1) is 0 Å². The highest BCUT2D eigenvalue weighted by atomic mass is 79.9. The smallest absolute Gasteiger partial charge is 0.252 e. The Morgan fingerprint density at radius 3 is 2.50 bits per heavy atom. The van der Waals surface area contributed by atoms with Crippen LogP contribution in [0.4, 0.5) is 5.69 Å². The molecule has 2 aromatic carbocycles. The van der Waals surface area contributed by atoms with Crippen molar-refractivity contribution in [2.24, 2.45) is 4.99 Å². The van der Waals surface area contributed by atoms with E-state index < -0.39 is 9.84 Å². The van der Waals surface area contributed by atoms with E-state index in [1.54, 1.807) is 0 Å². The zero-order valence-electron chi connectivity index (χ0n) is 15.2. The zero-order chi connectivity index (χ0) is 19.9. The fraction of sp³-hybridized carbons (Fsp3) is 0.300. The molecular weight excluding hydrogens is 460 g/mol. The van der Waals surface area contributed by atoms with Gasteiger partial charge in [0, 0.05) is 15.4 Å². The van der Waals surface area contributed by atoms with E-state index in [9.17, 15) is 13.2 Å². The van der Waals surface area contributed by atoms with E-state index >= 15 is 0 Å². The molecule has 2 aromatic rings. The minimum atomic E-state index is -3.07. The van der Waals surface area contributed by atoms with Gasteiger partial charge < -0.3 is 4.90 Å². The highest BCUT2D eigenvalue weighted by molar-refractivity contribution is 9.10. The molecule has 8 heteroatoms. The quantitative estimate of drug-likeness (QED) is 0.673. The molecular formula is C20H19BrN2O3S2. The maximum Gasteiger partial charge on any atom is 0.252 e. The molecule has 2 aliphatic rings. The van der Waals surface area contributed by atoms with Crippen molar-refractivity contribution in [3.05, 3.63) is 64.1 Å². The molecule has 0 radical (unpaired) electrons. The fourth-order valence-corrected chi connectivity index (χ4v) is 7.69. The van der Waals surface area contributed by atoms with Gasteiger partial charge in [0.15, 0.2) is 15.0 Å².